The quantitative estimate of drug-likeness (QED) is 0.585. The fourth-order valence-electron chi connectivity index (χ4n) is 3.51. The molecule has 0 aliphatic carbocycles. The molecule has 8 nitrogen and oxygen atoms in total. The Balaban J connectivity index is 1.88. The average molecular weight is 378 g/mol. The van der Waals surface area contributed by atoms with Gasteiger partial charge in [-0.15, -0.1) is 0 Å². The van der Waals surface area contributed by atoms with Crippen LogP contribution in [0.1, 0.15) is 29.4 Å². The first kappa shape index (κ1) is 18.4. The highest BCUT2D eigenvalue weighted by molar-refractivity contribution is 7.91. The number of hydrogen-bond donors (Lipinski definition) is 0. The van der Waals surface area contributed by atoms with Crippen molar-refractivity contribution in [3.8, 4) is 0 Å². The van der Waals surface area contributed by atoms with Crippen LogP contribution in [0, 0.1) is 24.0 Å². The van der Waals surface area contributed by atoms with Crippen LogP contribution in [0.3, 0.4) is 0 Å². The van der Waals surface area contributed by atoms with Crippen LogP contribution in [0.4, 0.5) is 11.4 Å². The van der Waals surface area contributed by atoms with Crippen molar-refractivity contribution in [1.82, 2.24) is 9.78 Å². The Bertz CT molecular complexity index is 952. The number of benzene rings is 1. The lowest BCUT2D eigenvalue weighted by Crippen LogP contribution is -2.19. The molecular formula is C17H22N4O4S. The molecule has 1 fully saturated rings. The normalized spacial score (nSPS) is 18.8. The van der Waals surface area contributed by atoms with Crippen LogP contribution >= 0.6 is 0 Å². The molecule has 0 spiro atoms. The van der Waals surface area contributed by atoms with Gasteiger partial charge in [-0.3, -0.25) is 14.8 Å². The van der Waals surface area contributed by atoms with Crippen LogP contribution in [-0.4, -0.2) is 41.7 Å². The number of sulfone groups is 1. The van der Waals surface area contributed by atoms with Crippen LogP contribution in [0.5, 0.6) is 0 Å². The minimum atomic E-state index is -2.99. The molecule has 0 N–H and O–H groups in total. The number of aryl methyl sites for hydroxylation is 1. The molecule has 0 bridgehead atoms. The van der Waals surface area contributed by atoms with Crippen molar-refractivity contribution in [3.63, 3.8) is 0 Å². The van der Waals surface area contributed by atoms with Crippen molar-refractivity contribution >= 4 is 21.2 Å². The summed E-state index contributed by atoms with van der Waals surface area (Å²) >= 11 is 0. The maximum Gasteiger partial charge on any atom is 0.292 e. The Kier molecular flexibility index (Phi) is 4.74. The number of nitrogens with zero attached hydrogens (tertiary/aromatic N) is 4. The summed E-state index contributed by atoms with van der Waals surface area (Å²) in [4.78, 5) is 12.7. The first-order valence-corrected chi connectivity index (χ1v) is 10.2. The topological polar surface area (TPSA) is 98.3 Å². The van der Waals surface area contributed by atoms with Crippen LogP contribution in [0.2, 0.25) is 0 Å². The van der Waals surface area contributed by atoms with E-state index >= 15 is 0 Å². The highest BCUT2D eigenvalue weighted by Crippen LogP contribution is 2.30. The second-order valence-electron chi connectivity index (χ2n) is 6.75. The Morgan fingerprint density at radius 2 is 2.04 bits per heavy atom. The van der Waals surface area contributed by atoms with Crippen LogP contribution in [0.15, 0.2) is 24.3 Å². The lowest BCUT2D eigenvalue weighted by molar-refractivity contribution is -0.384. The first-order chi connectivity index (χ1) is 12.2. The SMILES string of the molecule is Cc1nn([C@@H]2CCS(=O)(=O)C2)c(C)c1CN(C)c1ccccc1[N+](=O)[O-]. The van der Waals surface area contributed by atoms with Gasteiger partial charge in [-0.2, -0.15) is 5.10 Å². The smallest absolute Gasteiger partial charge is 0.292 e. The average Bonchev–Trinajstić information content (AvgIpc) is 3.08. The second-order valence-corrected chi connectivity index (χ2v) is 8.98. The summed E-state index contributed by atoms with van der Waals surface area (Å²) in [7, 11) is -1.19. The van der Waals surface area contributed by atoms with Gasteiger partial charge in [0.05, 0.1) is 28.2 Å². The predicted octanol–water partition coefficient (Wildman–Crippen LogP) is 2.40. The molecule has 1 atom stereocenters. The fourth-order valence-corrected chi connectivity index (χ4v) is 5.21. The molecule has 2 heterocycles. The van der Waals surface area contributed by atoms with E-state index in [9.17, 15) is 18.5 Å². The van der Waals surface area contributed by atoms with Gasteiger partial charge in [-0.25, -0.2) is 8.42 Å². The number of rotatable bonds is 5. The van der Waals surface area contributed by atoms with Gasteiger partial charge in [-0.1, -0.05) is 12.1 Å². The summed E-state index contributed by atoms with van der Waals surface area (Å²) < 4.78 is 25.3. The van der Waals surface area contributed by atoms with Gasteiger partial charge in [0, 0.05) is 30.9 Å². The van der Waals surface area contributed by atoms with E-state index in [4.69, 9.17) is 0 Å². The molecule has 9 heteroatoms. The third-order valence-electron chi connectivity index (χ3n) is 4.91. The van der Waals surface area contributed by atoms with Gasteiger partial charge in [0.15, 0.2) is 9.84 Å². The molecule has 0 amide bonds. The first-order valence-electron chi connectivity index (χ1n) is 8.39. The van der Waals surface area contributed by atoms with E-state index < -0.39 is 14.8 Å². The van der Waals surface area contributed by atoms with Crippen LogP contribution in [-0.2, 0) is 16.4 Å². The standard InChI is InChI=1S/C17H22N4O4S/c1-12-15(10-19(3)16-6-4-5-7-17(16)21(22)23)13(2)20(18-12)14-8-9-26(24,25)11-14/h4-7,14H,8-11H2,1-3H3/t14-/m1/s1. The van der Waals surface area contributed by atoms with Crippen molar-refractivity contribution in [2.45, 2.75) is 32.9 Å². The van der Waals surface area contributed by atoms with Crippen molar-refractivity contribution in [2.75, 3.05) is 23.5 Å². The number of hydrogen-bond acceptors (Lipinski definition) is 6. The molecule has 1 aliphatic rings. The fraction of sp³-hybridized carbons (Fsp3) is 0.471. The van der Waals surface area contributed by atoms with Gasteiger partial charge in [0.1, 0.15) is 5.69 Å². The summed E-state index contributed by atoms with van der Waals surface area (Å²) in [6, 6.07) is 6.48. The number of para-hydroxylation sites is 2. The molecule has 0 unspecified atom stereocenters. The van der Waals surface area contributed by atoms with E-state index in [1.807, 2.05) is 23.4 Å². The highest BCUT2D eigenvalue weighted by Gasteiger charge is 2.31. The van der Waals surface area contributed by atoms with Crippen molar-refractivity contribution in [1.29, 1.82) is 0 Å². The summed E-state index contributed by atoms with van der Waals surface area (Å²) in [5.41, 5.74) is 3.29. The van der Waals surface area contributed by atoms with Crippen molar-refractivity contribution < 1.29 is 13.3 Å². The van der Waals surface area contributed by atoms with Gasteiger partial charge in [0.2, 0.25) is 0 Å². The summed E-state index contributed by atoms with van der Waals surface area (Å²) in [6.45, 7) is 4.27. The molecule has 1 aliphatic heterocycles. The molecule has 1 aromatic carbocycles. The summed E-state index contributed by atoms with van der Waals surface area (Å²) in [5, 5.41) is 15.8. The summed E-state index contributed by atoms with van der Waals surface area (Å²) in [6.07, 6.45) is 0.573. The number of nitro groups is 1. The van der Waals surface area contributed by atoms with E-state index in [-0.39, 0.29) is 23.2 Å². The van der Waals surface area contributed by atoms with Gasteiger partial charge in [0.25, 0.3) is 5.69 Å². The molecule has 1 aromatic heterocycles. The predicted molar refractivity (Wildman–Crippen MR) is 99.2 cm³/mol. The molecular weight excluding hydrogens is 356 g/mol. The number of aromatic nitrogens is 2. The molecule has 3 rings (SSSR count). The summed E-state index contributed by atoms with van der Waals surface area (Å²) in [5.74, 6) is 0.315. The zero-order valence-corrected chi connectivity index (χ0v) is 15.9. The third kappa shape index (κ3) is 3.44. The van der Waals surface area contributed by atoms with Gasteiger partial charge >= 0.3 is 0 Å². The molecule has 1 saturated heterocycles. The Labute approximate surface area is 152 Å². The van der Waals surface area contributed by atoms with Crippen LogP contribution in [0.25, 0.3) is 0 Å². The van der Waals surface area contributed by atoms with Crippen molar-refractivity contribution in [3.05, 3.63) is 51.3 Å². The molecule has 2 aromatic rings. The zero-order chi connectivity index (χ0) is 19.1. The monoisotopic (exact) mass is 378 g/mol. The lowest BCUT2D eigenvalue weighted by atomic mass is 10.1. The zero-order valence-electron chi connectivity index (χ0n) is 15.0. The highest BCUT2D eigenvalue weighted by atomic mass is 32.2. The number of anilines is 1. The maximum absolute atomic E-state index is 11.8. The largest absolute Gasteiger partial charge is 0.365 e. The lowest BCUT2D eigenvalue weighted by Gasteiger charge is -2.20. The van der Waals surface area contributed by atoms with E-state index in [0.717, 1.165) is 17.0 Å². The van der Waals surface area contributed by atoms with E-state index in [2.05, 4.69) is 5.10 Å². The minimum Gasteiger partial charge on any atom is -0.365 e. The van der Waals surface area contributed by atoms with E-state index in [0.29, 0.717) is 18.7 Å². The molecule has 140 valence electrons. The Morgan fingerprint density at radius 1 is 1.35 bits per heavy atom. The van der Waals surface area contributed by atoms with Crippen molar-refractivity contribution in [2.24, 2.45) is 0 Å². The molecule has 26 heavy (non-hydrogen) atoms. The molecule has 0 radical (unpaired) electrons. The van der Waals surface area contributed by atoms with Gasteiger partial charge in [-0.05, 0) is 26.3 Å². The molecule has 0 saturated carbocycles. The van der Waals surface area contributed by atoms with Gasteiger partial charge < -0.3 is 4.90 Å². The minimum absolute atomic E-state index is 0.0552. The Morgan fingerprint density at radius 3 is 2.65 bits per heavy atom. The third-order valence-corrected chi connectivity index (χ3v) is 6.66. The van der Waals surface area contributed by atoms with E-state index in [1.54, 1.807) is 25.2 Å². The maximum atomic E-state index is 11.8. The number of nitro benzene ring substituents is 1. The van der Waals surface area contributed by atoms with E-state index in [1.165, 1.54) is 6.07 Å². The second kappa shape index (κ2) is 6.71. The Hall–Kier alpha value is -2.42. The van der Waals surface area contributed by atoms with Crippen LogP contribution < -0.4 is 4.90 Å².